The molecule has 1 aromatic rings. The van der Waals surface area contributed by atoms with E-state index in [0.29, 0.717) is 0 Å². The van der Waals surface area contributed by atoms with E-state index in [9.17, 15) is 0 Å². The highest BCUT2D eigenvalue weighted by Crippen LogP contribution is 2.15. The Kier molecular flexibility index (Phi) is 3.11. The highest BCUT2D eigenvalue weighted by Gasteiger charge is 2.15. The summed E-state index contributed by atoms with van der Waals surface area (Å²) >= 11 is 0. The van der Waals surface area contributed by atoms with Crippen LogP contribution in [0.3, 0.4) is 0 Å². The maximum Gasteiger partial charge on any atom is 0.133 e. The molecule has 3 heteroatoms. The van der Waals surface area contributed by atoms with Crippen LogP contribution in [0.5, 0.6) is 5.75 Å². The summed E-state index contributed by atoms with van der Waals surface area (Å²) in [4.78, 5) is 4.15. The van der Waals surface area contributed by atoms with E-state index in [4.69, 9.17) is 5.11 Å². The standard InChI is InChI=1S/C11H18N2O/c1-8(13-11(2,3)4)10-6-5-9(14)7-12-10/h5-8,13-14H,1-4H3. The lowest BCUT2D eigenvalue weighted by Gasteiger charge is -2.25. The van der Waals surface area contributed by atoms with Gasteiger partial charge >= 0.3 is 0 Å². The zero-order valence-electron chi connectivity index (χ0n) is 9.20. The first-order valence-electron chi connectivity index (χ1n) is 4.81. The monoisotopic (exact) mass is 194 g/mol. The van der Waals surface area contributed by atoms with Crippen LogP contribution in [0.4, 0.5) is 0 Å². The van der Waals surface area contributed by atoms with Gasteiger partial charge in [-0.05, 0) is 39.8 Å². The molecule has 0 saturated carbocycles. The predicted octanol–water partition coefficient (Wildman–Crippen LogP) is 2.24. The molecule has 0 fully saturated rings. The molecule has 0 aromatic carbocycles. The van der Waals surface area contributed by atoms with Crippen LogP contribution in [0.1, 0.15) is 39.4 Å². The number of nitrogens with zero attached hydrogens (tertiary/aromatic N) is 1. The summed E-state index contributed by atoms with van der Waals surface area (Å²) in [5.74, 6) is 0.205. The Bertz CT molecular complexity index is 287. The fourth-order valence-electron chi connectivity index (χ4n) is 1.38. The molecular formula is C11H18N2O. The van der Waals surface area contributed by atoms with E-state index in [1.807, 2.05) is 6.07 Å². The molecule has 1 rings (SSSR count). The van der Waals surface area contributed by atoms with Crippen LogP contribution in [0, 0.1) is 0 Å². The van der Waals surface area contributed by atoms with E-state index in [0.717, 1.165) is 5.69 Å². The van der Waals surface area contributed by atoms with Crippen LogP contribution in [-0.2, 0) is 0 Å². The van der Waals surface area contributed by atoms with Gasteiger partial charge in [0.15, 0.2) is 0 Å². The number of rotatable bonds is 2. The van der Waals surface area contributed by atoms with Crippen molar-refractivity contribution in [2.45, 2.75) is 39.3 Å². The smallest absolute Gasteiger partial charge is 0.133 e. The van der Waals surface area contributed by atoms with Crippen molar-refractivity contribution in [2.75, 3.05) is 0 Å². The number of hydrogen-bond donors (Lipinski definition) is 2. The summed E-state index contributed by atoms with van der Waals surface area (Å²) in [6, 6.07) is 3.68. The highest BCUT2D eigenvalue weighted by molar-refractivity contribution is 5.19. The Labute approximate surface area is 85.2 Å². The van der Waals surface area contributed by atoms with Gasteiger partial charge < -0.3 is 10.4 Å². The van der Waals surface area contributed by atoms with E-state index in [1.165, 1.54) is 6.20 Å². The third-order valence-electron chi connectivity index (χ3n) is 1.86. The fourth-order valence-corrected chi connectivity index (χ4v) is 1.38. The molecule has 0 aliphatic rings. The van der Waals surface area contributed by atoms with Crippen molar-refractivity contribution in [3.63, 3.8) is 0 Å². The Morgan fingerprint density at radius 2 is 2.00 bits per heavy atom. The summed E-state index contributed by atoms with van der Waals surface area (Å²) in [6.07, 6.45) is 1.47. The number of hydrogen-bond acceptors (Lipinski definition) is 3. The average molecular weight is 194 g/mol. The maximum absolute atomic E-state index is 9.09. The van der Waals surface area contributed by atoms with Crippen molar-refractivity contribution < 1.29 is 5.11 Å². The molecule has 78 valence electrons. The molecule has 0 spiro atoms. The van der Waals surface area contributed by atoms with E-state index >= 15 is 0 Å². The van der Waals surface area contributed by atoms with E-state index in [2.05, 4.69) is 38.0 Å². The molecular weight excluding hydrogens is 176 g/mol. The van der Waals surface area contributed by atoms with Crippen molar-refractivity contribution in [2.24, 2.45) is 0 Å². The zero-order chi connectivity index (χ0) is 10.8. The molecule has 2 N–H and O–H groups in total. The molecule has 3 nitrogen and oxygen atoms in total. The molecule has 1 unspecified atom stereocenters. The minimum absolute atomic E-state index is 0.0684. The number of aromatic hydroxyl groups is 1. The first kappa shape index (κ1) is 11.0. The number of aromatic nitrogens is 1. The van der Waals surface area contributed by atoms with Crippen molar-refractivity contribution >= 4 is 0 Å². The predicted molar refractivity (Wildman–Crippen MR) is 57.2 cm³/mol. The lowest BCUT2D eigenvalue weighted by atomic mass is 10.1. The van der Waals surface area contributed by atoms with Gasteiger partial charge in [-0.1, -0.05) is 0 Å². The first-order valence-corrected chi connectivity index (χ1v) is 4.81. The van der Waals surface area contributed by atoms with Gasteiger partial charge in [0.1, 0.15) is 5.75 Å². The second-order valence-corrected chi connectivity index (χ2v) is 4.56. The van der Waals surface area contributed by atoms with Crippen LogP contribution in [0.25, 0.3) is 0 Å². The number of pyridine rings is 1. The van der Waals surface area contributed by atoms with Crippen molar-refractivity contribution in [1.29, 1.82) is 0 Å². The van der Waals surface area contributed by atoms with Crippen molar-refractivity contribution in [3.05, 3.63) is 24.0 Å². The Balaban J connectivity index is 2.70. The minimum Gasteiger partial charge on any atom is -0.506 e. The largest absolute Gasteiger partial charge is 0.506 e. The fraction of sp³-hybridized carbons (Fsp3) is 0.545. The molecule has 0 bridgehead atoms. The Morgan fingerprint density at radius 3 is 2.43 bits per heavy atom. The van der Waals surface area contributed by atoms with Crippen LogP contribution >= 0.6 is 0 Å². The molecule has 0 radical (unpaired) electrons. The topological polar surface area (TPSA) is 45.1 Å². The summed E-state index contributed by atoms with van der Waals surface area (Å²) in [6.45, 7) is 8.41. The molecule has 1 heterocycles. The van der Waals surface area contributed by atoms with E-state index in [1.54, 1.807) is 6.07 Å². The Morgan fingerprint density at radius 1 is 1.36 bits per heavy atom. The molecule has 1 atom stereocenters. The molecule has 14 heavy (non-hydrogen) atoms. The lowest BCUT2D eigenvalue weighted by Crippen LogP contribution is -2.37. The van der Waals surface area contributed by atoms with E-state index in [-0.39, 0.29) is 17.3 Å². The third-order valence-corrected chi connectivity index (χ3v) is 1.86. The average Bonchev–Trinajstić information content (AvgIpc) is 2.02. The van der Waals surface area contributed by atoms with Gasteiger partial charge in [-0.15, -0.1) is 0 Å². The summed E-state index contributed by atoms with van der Waals surface area (Å²) in [5.41, 5.74) is 1.01. The third kappa shape index (κ3) is 3.34. The summed E-state index contributed by atoms with van der Waals surface area (Å²) in [5, 5.41) is 12.5. The molecule has 0 aliphatic heterocycles. The van der Waals surface area contributed by atoms with Crippen molar-refractivity contribution in [1.82, 2.24) is 10.3 Å². The molecule has 0 aliphatic carbocycles. The van der Waals surface area contributed by atoms with Gasteiger partial charge in [0, 0.05) is 11.6 Å². The van der Waals surface area contributed by atoms with Gasteiger partial charge in [0.25, 0.3) is 0 Å². The second kappa shape index (κ2) is 3.96. The van der Waals surface area contributed by atoms with Crippen molar-refractivity contribution in [3.8, 4) is 5.75 Å². The van der Waals surface area contributed by atoms with Gasteiger partial charge in [-0.25, -0.2) is 0 Å². The van der Waals surface area contributed by atoms with E-state index < -0.39 is 0 Å². The summed E-state index contributed by atoms with van der Waals surface area (Å²) < 4.78 is 0. The van der Waals surface area contributed by atoms with Gasteiger partial charge in [-0.3, -0.25) is 4.98 Å². The van der Waals surface area contributed by atoms with Gasteiger partial charge in [0.05, 0.1) is 11.9 Å². The van der Waals surface area contributed by atoms with Crippen LogP contribution in [0.2, 0.25) is 0 Å². The van der Waals surface area contributed by atoms with Gasteiger partial charge in [0.2, 0.25) is 0 Å². The lowest BCUT2D eigenvalue weighted by molar-refractivity contribution is 0.373. The Hall–Kier alpha value is -1.09. The molecule has 1 aromatic heterocycles. The first-order chi connectivity index (χ1) is 6.38. The van der Waals surface area contributed by atoms with Gasteiger partial charge in [-0.2, -0.15) is 0 Å². The normalized spacial score (nSPS) is 14.0. The quantitative estimate of drug-likeness (QED) is 0.759. The van der Waals surface area contributed by atoms with Crippen LogP contribution < -0.4 is 5.32 Å². The molecule has 0 amide bonds. The zero-order valence-corrected chi connectivity index (χ0v) is 9.20. The van der Waals surface area contributed by atoms with Crippen LogP contribution in [-0.4, -0.2) is 15.6 Å². The molecule has 0 saturated heterocycles. The second-order valence-electron chi connectivity index (χ2n) is 4.56. The van der Waals surface area contributed by atoms with Crippen LogP contribution in [0.15, 0.2) is 18.3 Å². The highest BCUT2D eigenvalue weighted by atomic mass is 16.3. The maximum atomic E-state index is 9.09. The summed E-state index contributed by atoms with van der Waals surface area (Å²) in [7, 11) is 0. The number of nitrogens with one attached hydrogen (secondary N) is 1. The SMILES string of the molecule is CC(NC(C)(C)C)c1ccc(O)cn1. The minimum atomic E-state index is 0.0684.